The first-order chi connectivity index (χ1) is 20.1. The van der Waals surface area contributed by atoms with Crippen molar-refractivity contribution in [3.05, 3.63) is 72.9 Å². The maximum atomic E-state index is 12.2. The third kappa shape index (κ3) is 23.6. The average molecular weight is 607 g/mol. The number of hydrogen-bond acceptors (Lipinski definition) is 6. The molecule has 42 heavy (non-hydrogen) atoms. The minimum Gasteiger partial charge on any atom is -0.465 e. The van der Waals surface area contributed by atoms with Crippen LogP contribution in [-0.2, 0) is 30.2 Å². The van der Waals surface area contributed by atoms with Gasteiger partial charge < -0.3 is 25.0 Å². The summed E-state index contributed by atoms with van der Waals surface area (Å²) in [6, 6.07) is 0. The Kier molecular flexibility index (Phi) is 23.7. The summed E-state index contributed by atoms with van der Waals surface area (Å²) in [4.78, 5) is 35.9. The molecular formula is C32H50N2O7S. The van der Waals surface area contributed by atoms with E-state index in [0.717, 1.165) is 32.1 Å². The van der Waals surface area contributed by atoms with E-state index in [4.69, 9.17) is 9.29 Å². The van der Waals surface area contributed by atoms with Gasteiger partial charge in [-0.25, -0.2) is 4.21 Å². The number of aliphatic hydroxyl groups is 1. The number of carbonyl (C=O) groups is 3. The number of ether oxygens (including phenoxy) is 1. The van der Waals surface area contributed by atoms with Crippen molar-refractivity contribution in [2.75, 3.05) is 25.4 Å². The Hall–Kier alpha value is -3.08. The molecule has 9 nitrogen and oxygen atoms in total. The molecule has 10 heteroatoms. The zero-order valence-corrected chi connectivity index (χ0v) is 26.2. The predicted molar refractivity (Wildman–Crippen MR) is 170 cm³/mol. The summed E-state index contributed by atoms with van der Waals surface area (Å²) in [6.45, 7) is 5.22. The lowest BCUT2D eigenvalue weighted by atomic mass is 9.87. The Labute approximate surface area is 254 Å². The number of carbonyl (C=O) groups excluding carboxylic acids is 3. The molecule has 0 aliphatic carbocycles. The molecule has 236 valence electrons. The van der Waals surface area contributed by atoms with Gasteiger partial charge in [-0.2, -0.15) is 0 Å². The fourth-order valence-electron chi connectivity index (χ4n) is 3.22. The van der Waals surface area contributed by atoms with Crippen molar-refractivity contribution in [1.82, 2.24) is 10.6 Å². The highest BCUT2D eigenvalue weighted by Crippen LogP contribution is 2.21. The Morgan fingerprint density at radius 1 is 0.786 bits per heavy atom. The topological polar surface area (TPSA) is 142 Å². The molecule has 0 bridgehead atoms. The predicted octanol–water partition coefficient (Wildman–Crippen LogP) is 4.85. The zero-order valence-electron chi connectivity index (χ0n) is 25.3. The molecule has 0 fully saturated rings. The molecule has 0 saturated carbocycles. The number of esters is 1. The minimum atomic E-state index is -1.99. The molecule has 0 aliphatic heterocycles. The third-order valence-electron chi connectivity index (χ3n) is 5.72. The van der Waals surface area contributed by atoms with E-state index in [9.17, 15) is 23.7 Å². The molecule has 0 aromatic carbocycles. The SMILES string of the molecule is CCC=CCC=CCC=CCC=CCC=CCC=CCC(=O)OCC(C)(C)C(O)C(=O)NCCC(=O)NCCS(=O)O. The Balaban J connectivity index is 4.06. The molecule has 2 amide bonds. The largest absolute Gasteiger partial charge is 0.465 e. The van der Waals surface area contributed by atoms with E-state index in [-0.39, 0.29) is 38.3 Å². The molecule has 0 aliphatic rings. The van der Waals surface area contributed by atoms with E-state index in [2.05, 4.69) is 72.2 Å². The van der Waals surface area contributed by atoms with E-state index in [1.54, 1.807) is 19.9 Å². The summed E-state index contributed by atoms with van der Waals surface area (Å²) < 4.78 is 24.5. The highest BCUT2D eigenvalue weighted by atomic mass is 32.2. The van der Waals surface area contributed by atoms with E-state index in [1.807, 2.05) is 12.2 Å². The van der Waals surface area contributed by atoms with Gasteiger partial charge in [0.1, 0.15) is 6.10 Å². The highest BCUT2D eigenvalue weighted by Gasteiger charge is 2.34. The molecule has 0 aromatic heterocycles. The molecule has 2 unspecified atom stereocenters. The van der Waals surface area contributed by atoms with E-state index >= 15 is 0 Å². The quantitative estimate of drug-likeness (QED) is 0.0740. The van der Waals surface area contributed by atoms with Crippen LogP contribution in [0.1, 0.15) is 72.1 Å². The highest BCUT2D eigenvalue weighted by molar-refractivity contribution is 7.79. The van der Waals surface area contributed by atoms with Crippen molar-refractivity contribution in [2.45, 2.75) is 78.2 Å². The summed E-state index contributed by atoms with van der Waals surface area (Å²) in [5, 5.41) is 15.3. The standard InChI is InChI=1S/C32H50N2O7S/c1-4-5-6-7-8-9-10-11-12-13-14-15-16-17-18-19-20-21-22-29(36)41-27-32(2,3)30(37)31(38)34-24-23-28(35)33-25-26-42(39)40/h5-6,8-9,11-12,14-15,17-18,20-21,30,37H,4,7,10,13,16,19,22-27H2,1-3H3,(H,33,35)(H,34,38)(H,39,40). The molecule has 4 N–H and O–H groups in total. The third-order valence-corrected chi connectivity index (χ3v) is 6.28. The maximum Gasteiger partial charge on any atom is 0.309 e. The normalized spacial score (nSPS) is 14.1. The molecule has 0 heterocycles. The van der Waals surface area contributed by atoms with Crippen LogP contribution in [-0.4, -0.2) is 63.2 Å². The van der Waals surface area contributed by atoms with Crippen LogP contribution in [0.2, 0.25) is 0 Å². The number of allylic oxidation sites excluding steroid dienone is 11. The molecular weight excluding hydrogens is 556 g/mol. The molecule has 0 saturated heterocycles. The maximum absolute atomic E-state index is 12.2. The van der Waals surface area contributed by atoms with Gasteiger partial charge in [0.15, 0.2) is 11.1 Å². The zero-order chi connectivity index (χ0) is 31.5. The van der Waals surface area contributed by atoms with E-state index < -0.39 is 40.4 Å². The smallest absolute Gasteiger partial charge is 0.309 e. The second-order valence-electron chi connectivity index (χ2n) is 10.1. The first-order valence-electron chi connectivity index (χ1n) is 14.5. The number of nitrogens with one attached hydrogen (secondary N) is 2. The van der Waals surface area contributed by atoms with Crippen molar-refractivity contribution in [2.24, 2.45) is 5.41 Å². The van der Waals surface area contributed by atoms with Gasteiger partial charge in [0.25, 0.3) is 0 Å². The van der Waals surface area contributed by atoms with Crippen molar-refractivity contribution in [3.8, 4) is 0 Å². The van der Waals surface area contributed by atoms with Crippen LogP contribution >= 0.6 is 0 Å². The molecule has 0 spiro atoms. The lowest BCUT2D eigenvalue weighted by Crippen LogP contribution is -2.47. The van der Waals surface area contributed by atoms with Crippen molar-refractivity contribution in [3.63, 3.8) is 0 Å². The Morgan fingerprint density at radius 2 is 1.26 bits per heavy atom. The van der Waals surface area contributed by atoms with Crippen LogP contribution in [0.3, 0.4) is 0 Å². The fourth-order valence-corrected chi connectivity index (χ4v) is 3.50. The van der Waals surface area contributed by atoms with Gasteiger partial charge in [0, 0.05) is 24.9 Å². The van der Waals surface area contributed by atoms with Crippen molar-refractivity contribution in [1.29, 1.82) is 0 Å². The lowest BCUT2D eigenvalue weighted by molar-refractivity contribution is -0.152. The van der Waals surface area contributed by atoms with Gasteiger partial charge >= 0.3 is 5.97 Å². The summed E-state index contributed by atoms with van der Waals surface area (Å²) in [5.41, 5.74) is -1.04. The molecule has 0 aromatic rings. The lowest BCUT2D eigenvalue weighted by Gasteiger charge is -2.28. The molecule has 0 radical (unpaired) electrons. The second-order valence-corrected chi connectivity index (χ2v) is 11.1. The molecule has 2 atom stereocenters. The summed E-state index contributed by atoms with van der Waals surface area (Å²) in [7, 11) is 0. The van der Waals surface area contributed by atoms with Crippen LogP contribution in [0.25, 0.3) is 0 Å². The summed E-state index contributed by atoms with van der Waals surface area (Å²) in [6.07, 6.45) is 29.0. The van der Waals surface area contributed by atoms with E-state index in [1.165, 1.54) is 0 Å². The van der Waals surface area contributed by atoms with E-state index in [0.29, 0.717) is 6.42 Å². The van der Waals surface area contributed by atoms with Crippen molar-refractivity contribution >= 4 is 28.9 Å². The second kappa shape index (κ2) is 25.6. The first-order valence-corrected chi connectivity index (χ1v) is 15.7. The van der Waals surface area contributed by atoms with Crippen LogP contribution in [0.15, 0.2) is 72.9 Å². The fraction of sp³-hybridized carbons (Fsp3) is 0.531. The van der Waals surface area contributed by atoms with Gasteiger partial charge in [-0.15, -0.1) is 0 Å². The summed E-state index contributed by atoms with van der Waals surface area (Å²) in [5.74, 6) is -1.62. The summed E-state index contributed by atoms with van der Waals surface area (Å²) >= 11 is -1.99. The average Bonchev–Trinajstić information content (AvgIpc) is 2.94. The van der Waals surface area contributed by atoms with Crippen LogP contribution in [0.4, 0.5) is 0 Å². The van der Waals surface area contributed by atoms with Gasteiger partial charge in [-0.3, -0.25) is 14.4 Å². The number of aliphatic hydroxyl groups excluding tert-OH is 1. The first kappa shape index (κ1) is 38.9. The van der Waals surface area contributed by atoms with Crippen molar-refractivity contribution < 1.29 is 33.0 Å². The number of rotatable bonds is 23. The van der Waals surface area contributed by atoms with Gasteiger partial charge in [0.2, 0.25) is 11.8 Å². The van der Waals surface area contributed by atoms with Gasteiger partial charge in [-0.05, 0) is 38.5 Å². The molecule has 0 rings (SSSR count). The minimum absolute atomic E-state index is 0.0114. The van der Waals surface area contributed by atoms with Gasteiger partial charge in [-0.1, -0.05) is 93.7 Å². The number of hydrogen-bond donors (Lipinski definition) is 4. The van der Waals surface area contributed by atoms with Crippen LogP contribution < -0.4 is 10.6 Å². The Morgan fingerprint density at radius 3 is 1.74 bits per heavy atom. The number of amides is 2. The van der Waals surface area contributed by atoms with Crippen LogP contribution in [0, 0.1) is 5.41 Å². The monoisotopic (exact) mass is 606 g/mol. The van der Waals surface area contributed by atoms with Gasteiger partial charge in [0.05, 0.1) is 18.8 Å². The Bertz CT molecular complexity index is 981. The van der Waals surface area contributed by atoms with Crippen LogP contribution in [0.5, 0.6) is 0 Å².